The summed E-state index contributed by atoms with van der Waals surface area (Å²) in [7, 11) is 0. The van der Waals surface area contributed by atoms with Gasteiger partial charge in [-0.25, -0.2) is 4.98 Å². The standard InChI is InChI=1S/C10H14N4O4S/c1-19-10-13-7-5(8(17)14-10)11-4-6(16)3(15)2-18-9(4)12-7/h3-4,6,9,11,15-16H,2H2,1H3,(H2,12,13,14,17)/t3-,4?,6-,9?/m0/s1. The van der Waals surface area contributed by atoms with E-state index in [1.54, 1.807) is 6.26 Å². The highest BCUT2D eigenvalue weighted by Gasteiger charge is 2.42. The van der Waals surface area contributed by atoms with Crippen LogP contribution in [0.1, 0.15) is 0 Å². The SMILES string of the molecule is CSc1nc2c(c(=O)[nH]1)NC1C(N2)OC[C@H](O)[C@@H]1O. The van der Waals surface area contributed by atoms with Gasteiger partial charge in [-0.3, -0.25) is 9.78 Å². The van der Waals surface area contributed by atoms with Gasteiger partial charge < -0.3 is 25.6 Å². The third kappa shape index (κ3) is 2.08. The molecule has 2 unspecified atom stereocenters. The van der Waals surface area contributed by atoms with Crippen molar-refractivity contribution in [1.82, 2.24) is 9.97 Å². The Balaban J connectivity index is 1.98. The summed E-state index contributed by atoms with van der Waals surface area (Å²) >= 11 is 1.32. The van der Waals surface area contributed by atoms with E-state index in [1.807, 2.05) is 0 Å². The van der Waals surface area contributed by atoms with Crippen molar-refractivity contribution >= 4 is 23.3 Å². The number of ether oxygens (including phenoxy) is 1. The first-order valence-electron chi connectivity index (χ1n) is 5.79. The number of hydrogen-bond acceptors (Lipinski definition) is 8. The van der Waals surface area contributed by atoms with Crippen molar-refractivity contribution in [2.24, 2.45) is 0 Å². The zero-order valence-electron chi connectivity index (χ0n) is 10.1. The van der Waals surface area contributed by atoms with Gasteiger partial charge in [0.2, 0.25) is 0 Å². The Hall–Kier alpha value is -1.29. The van der Waals surface area contributed by atoms with E-state index in [0.717, 1.165) is 0 Å². The quantitative estimate of drug-likeness (QED) is 0.322. The Kier molecular flexibility index (Phi) is 3.13. The highest BCUT2D eigenvalue weighted by molar-refractivity contribution is 7.98. The molecule has 0 amide bonds. The summed E-state index contributed by atoms with van der Waals surface area (Å²) in [4.78, 5) is 18.8. The van der Waals surface area contributed by atoms with Crippen LogP contribution in [0.5, 0.6) is 0 Å². The second-order valence-electron chi connectivity index (χ2n) is 4.43. The summed E-state index contributed by atoms with van der Waals surface area (Å²) in [6, 6.07) is -0.598. The van der Waals surface area contributed by atoms with Crippen molar-refractivity contribution in [3.63, 3.8) is 0 Å². The van der Waals surface area contributed by atoms with E-state index in [-0.39, 0.29) is 17.9 Å². The number of rotatable bonds is 1. The van der Waals surface area contributed by atoms with Crippen LogP contribution in [0, 0.1) is 0 Å². The number of fused-ring (bicyclic) bond motifs is 2. The minimum atomic E-state index is -1.01. The number of aromatic nitrogens is 2. The van der Waals surface area contributed by atoms with Crippen molar-refractivity contribution in [2.45, 2.75) is 29.6 Å². The molecule has 4 atom stereocenters. The van der Waals surface area contributed by atoms with Gasteiger partial charge in [0.05, 0.1) is 12.6 Å². The average molecular weight is 286 g/mol. The summed E-state index contributed by atoms with van der Waals surface area (Å²) in [6.07, 6.45) is -0.718. The first-order chi connectivity index (χ1) is 9.10. The Morgan fingerprint density at radius 3 is 2.95 bits per heavy atom. The van der Waals surface area contributed by atoms with Gasteiger partial charge in [-0.15, -0.1) is 0 Å². The molecule has 19 heavy (non-hydrogen) atoms. The molecule has 0 spiro atoms. The molecule has 5 N–H and O–H groups in total. The second-order valence-corrected chi connectivity index (χ2v) is 5.22. The van der Waals surface area contributed by atoms with E-state index < -0.39 is 24.5 Å². The summed E-state index contributed by atoms with van der Waals surface area (Å²) in [5.41, 5.74) is -0.0802. The lowest BCUT2D eigenvalue weighted by Crippen LogP contribution is -2.61. The number of anilines is 2. The van der Waals surface area contributed by atoms with Gasteiger partial charge in [0.1, 0.15) is 17.9 Å². The van der Waals surface area contributed by atoms with E-state index in [2.05, 4.69) is 20.6 Å². The molecule has 2 aliphatic heterocycles. The molecule has 0 radical (unpaired) electrons. The van der Waals surface area contributed by atoms with E-state index in [1.165, 1.54) is 11.8 Å². The number of aromatic amines is 1. The predicted molar refractivity (Wildman–Crippen MR) is 69.4 cm³/mol. The summed E-state index contributed by atoms with van der Waals surface area (Å²) in [5, 5.41) is 25.8. The molecular formula is C10H14N4O4S. The lowest BCUT2D eigenvalue weighted by Gasteiger charge is -2.42. The summed E-state index contributed by atoms with van der Waals surface area (Å²) < 4.78 is 5.39. The fraction of sp³-hybridized carbons (Fsp3) is 0.600. The van der Waals surface area contributed by atoms with Crippen molar-refractivity contribution < 1.29 is 14.9 Å². The van der Waals surface area contributed by atoms with Crippen molar-refractivity contribution in [3.8, 4) is 0 Å². The maximum atomic E-state index is 11.9. The molecule has 2 aliphatic rings. The first kappa shape index (κ1) is 12.7. The number of thioether (sulfide) groups is 1. The number of aliphatic hydroxyl groups excluding tert-OH is 2. The molecule has 0 bridgehead atoms. The first-order valence-corrected chi connectivity index (χ1v) is 7.01. The van der Waals surface area contributed by atoms with E-state index in [0.29, 0.717) is 11.0 Å². The number of H-pyrrole nitrogens is 1. The fourth-order valence-corrected chi connectivity index (χ4v) is 2.58. The van der Waals surface area contributed by atoms with Crippen LogP contribution < -0.4 is 16.2 Å². The minimum Gasteiger partial charge on any atom is -0.388 e. The number of aliphatic hydroxyl groups is 2. The van der Waals surface area contributed by atoms with Crippen molar-refractivity contribution in [2.75, 3.05) is 23.5 Å². The normalized spacial score (nSPS) is 32.8. The summed E-state index contributed by atoms with van der Waals surface area (Å²) in [6.45, 7) is 0.0327. The van der Waals surface area contributed by atoms with Gasteiger partial charge in [-0.05, 0) is 6.26 Å². The highest BCUT2D eigenvalue weighted by atomic mass is 32.2. The molecular weight excluding hydrogens is 272 g/mol. The lowest BCUT2D eigenvalue weighted by atomic mass is 9.99. The molecule has 0 aliphatic carbocycles. The van der Waals surface area contributed by atoms with Gasteiger partial charge in [0, 0.05) is 0 Å². The predicted octanol–water partition coefficient (Wildman–Crippen LogP) is -1.22. The molecule has 104 valence electrons. The molecule has 1 fully saturated rings. The van der Waals surface area contributed by atoms with Crippen LogP contribution in [-0.2, 0) is 4.74 Å². The Morgan fingerprint density at radius 1 is 1.42 bits per heavy atom. The smallest absolute Gasteiger partial charge is 0.277 e. The molecule has 1 aromatic heterocycles. The maximum absolute atomic E-state index is 11.9. The van der Waals surface area contributed by atoms with Crippen LogP contribution in [0.4, 0.5) is 11.5 Å². The fourth-order valence-electron chi connectivity index (χ4n) is 2.20. The molecule has 8 nitrogen and oxygen atoms in total. The average Bonchev–Trinajstić information content (AvgIpc) is 2.41. The zero-order valence-corrected chi connectivity index (χ0v) is 10.9. The van der Waals surface area contributed by atoms with Crippen LogP contribution in [0.2, 0.25) is 0 Å². The van der Waals surface area contributed by atoms with E-state index in [4.69, 9.17) is 4.74 Å². The molecule has 9 heteroatoms. The van der Waals surface area contributed by atoms with Gasteiger partial charge in [-0.2, -0.15) is 0 Å². The van der Waals surface area contributed by atoms with Gasteiger partial charge >= 0.3 is 0 Å². The largest absolute Gasteiger partial charge is 0.388 e. The molecule has 3 heterocycles. The van der Waals surface area contributed by atoms with Crippen LogP contribution in [-0.4, -0.2) is 57.5 Å². The third-order valence-electron chi connectivity index (χ3n) is 3.22. The monoisotopic (exact) mass is 286 g/mol. The molecule has 1 aromatic rings. The van der Waals surface area contributed by atoms with Crippen LogP contribution in [0.25, 0.3) is 0 Å². The molecule has 0 aromatic carbocycles. The van der Waals surface area contributed by atoms with Crippen molar-refractivity contribution in [3.05, 3.63) is 10.4 Å². The third-order valence-corrected chi connectivity index (χ3v) is 3.80. The minimum absolute atomic E-state index is 0.0327. The Labute approximate surface area is 112 Å². The van der Waals surface area contributed by atoms with Gasteiger partial charge in [-0.1, -0.05) is 11.8 Å². The van der Waals surface area contributed by atoms with Crippen LogP contribution >= 0.6 is 11.8 Å². The number of nitrogens with zero attached hydrogens (tertiary/aromatic N) is 1. The topological polar surface area (TPSA) is 120 Å². The van der Waals surface area contributed by atoms with Crippen molar-refractivity contribution in [1.29, 1.82) is 0 Å². The van der Waals surface area contributed by atoms with E-state index >= 15 is 0 Å². The zero-order chi connectivity index (χ0) is 13.6. The van der Waals surface area contributed by atoms with Gasteiger partial charge in [0.15, 0.2) is 17.2 Å². The highest BCUT2D eigenvalue weighted by Crippen LogP contribution is 2.29. The number of hydrogen-bond donors (Lipinski definition) is 5. The van der Waals surface area contributed by atoms with Crippen LogP contribution in [0.3, 0.4) is 0 Å². The van der Waals surface area contributed by atoms with E-state index in [9.17, 15) is 15.0 Å². The molecule has 1 saturated heterocycles. The maximum Gasteiger partial charge on any atom is 0.277 e. The lowest BCUT2D eigenvalue weighted by molar-refractivity contribution is -0.121. The number of nitrogens with one attached hydrogen (secondary N) is 3. The Morgan fingerprint density at radius 2 is 2.21 bits per heavy atom. The molecule has 0 saturated carbocycles. The summed E-state index contributed by atoms with van der Waals surface area (Å²) in [5.74, 6) is 0.387. The second kappa shape index (κ2) is 4.67. The van der Waals surface area contributed by atoms with Gasteiger partial charge in [0.25, 0.3) is 5.56 Å². The molecule has 3 rings (SSSR count). The van der Waals surface area contributed by atoms with Crippen LogP contribution in [0.15, 0.2) is 9.95 Å². The Bertz CT molecular complexity index is 551.